The molecule has 0 atom stereocenters. The van der Waals surface area contributed by atoms with Crippen molar-refractivity contribution in [3.05, 3.63) is 77.1 Å². The van der Waals surface area contributed by atoms with Gasteiger partial charge in [0, 0.05) is 11.1 Å². The summed E-state index contributed by atoms with van der Waals surface area (Å²) in [6.07, 6.45) is 4.56. The summed E-state index contributed by atoms with van der Waals surface area (Å²) >= 11 is 6.00. The first-order valence-corrected chi connectivity index (χ1v) is 7.15. The van der Waals surface area contributed by atoms with Crippen LogP contribution in [0.15, 0.2) is 60.2 Å². The van der Waals surface area contributed by atoms with E-state index >= 15 is 0 Å². The van der Waals surface area contributed by atoms with E-state index in [1.807, 2.05) is 18.2 Å². The predicted molar refractivity (Wildman–Crippen MR) is 85.2 cm³/mol. The number of ether oxygens (including phenoxy) is 1. The number of aromatic nitrogens is 3. The molecule has 0 fully saturated rings. The molecule has 2 aromatic carbocycles. The lowest BCUT2D eigenvalue weighted by atomic mass is 10.2. The highest BCUT2D eigenvalue weighted by Gasteiger charge is 2.09. The van der Waals surface area contributed by atoms with Crippen LogP contribution >= 0.6 is 11.6 Å². The Morgan fingerprint density at radius 2 is 1.91 bits per heavy atom. The number of hydrogen-bond donors (Lipinski definition) is 0. The third-order valence-corrected chi connectivity index (χ3v) is 3.44. The van der Waals surface area contributed by atoms with Crippen LogP contribution in [0.1, 0.15) is 11.1 Å². The van der Waals surface area contributed by atoms with Crippen molar-refractivity contribution in [2.24, 2.45) is 5.10 Å². The smallest absolute Gasteiger partial charge is 0.141 e. The van der Waals surface area contributed by atoms with Crippen molar-refractivity contribution in [2.75, 3.05) is 0 Å². The fraction of sp³-hybridized carbons (Fsp3) is 0.0625. The summed E-state index contributed by atoms with van der Waals surface area (Å²) in [6, 6.07) is 11.8. The lowest BCUT2D eigenvalue weighted by Crippen LogP contribution is -2.01. The first-order valence-electron chi connectivity index (χ1n) is 6.78. The molecule has 0 amide bonds. The molecule has 0 bridgehead atoms. The molecule has 0 saturated carbocycles. The minimum Gasteiger partial charge on any atom is -0.488 e. The van der Waals surface area contributed by atoms with Crippen LogP contribution < -0.4 is 4.74 Å². The van der Waals surface area contributed by atoms with Crippen LogP contribution in [0.3, 0.4) is 0 Å². The maximum Gasteiger partial charge on any atom is 0.141 e. The van der Waals surface area contributed by atoms with Crippen molar-refractivity contribution in [2.45, 2.75) is 6.61 Å². The van der Waals surface area contributed by atoms with Crippen LogP contribution in [0.5, 0.6) is 5.75 Å². The average molecular weight is 331 g/mol. The van der Waals surface area contributed by atoms with E-state index < -0.39 is 5.82 Å². The van der Waals surface area contributed by atoms with E-state index in [0.29, 0.717) is 16.3 Å². The highest BCUT2D eigenvalue weighted by Crippen LogP contribution is 2.23. The highest BCUT2D eigenvalue weighted by molar-refractivity contribution is 6.31. The third-order valence-electron chi connectivity index (χ3n) is 3.09. The topological polar surface area (TPSA) is 52.3 Å². The molecule has 0 aliphatic carbocycles. The summed E-state index contributed by atoms with van der Waals surface area (Å²) in [7, 11) is 0. The molecule has 0 radical (unpaired) electrons. The summed E-state index contributed by atoms with van der Waals surface area (Å²) in [5, 5.41) is 11.8. The van der Waals surface area contributed by atoms with Crippen LogP contribution in [0, 0.1) is 5.82 Å². The first kappa shape index (κ1) is 15.2. The normalized spacial score (nSPS) is 11.0. The second-order valence-corrected chi connectivity index (χ2v) is 5.02. The van der Waals surface area contributed by atoms with Gasteiger partial charge in [0.05, 0.1) is 11.2 Å². The van der Waals surface area contributed by atoms with E-state index in [4.69, 9.17) is 16.3 Å². The van der Waals surface area contributed by atoms with Gasteiger partial charge in [0.15, 0.2) is 0 Å². The molecule has 7 heteroatoms. The van der Waals surface area contributed by atoms with E-state index in [9.17, 15) is 4.39 Å². The van der Waals surface area contributed by atoms with Gasteiger partial charge in [-0.05, 0) is 24.3 Å². The van der Waals surface area contributed by atoms with Crippen molar-refractivity contribution in [1.29, 1.82) is 0 Å². The quantitative estimate of drug-likeness (QED) is 0.672. The van der Waals surface area contributed by atoms with Crippen LogP contribution in [0.2, 0.25) is 5.02 Å². The zero-order valence-electron chi connectivity index (χ0n) is 11.9. The molecule has 0 aliphatic heterocycles. The average Bonchev–Trinajstić information content (AvgIpc) is 3.07. The number of para-hydroxylation sites is 1. The lowest BCUT2D eigenvalue weighted by Gasteiger charge is -2.10. The summed E-state index contributed by atoms with van der Waals surface area (Å²) < 4.78 is 20.9. The van der Waals surface area contributed by atoms with Crippen LogP contribution in [-0.4, -0.2) is 21.1 Å². The summed E-state index contributed by atoms with van der Waals surface area (Å²) in [4.78, 5) is 0. The fourth-order valence-corrected chi connectivity index (χ4v) is 2.14. The monoisotopic (exact) mass is 330 g/mol. The molecule has 1 aromatic heterocycles. The summed E-state index contributed by atoms with van der Waals surface area (Å²) in [5.41, 5.74) is 1.06. The van der Waals surface area contributed by atoms with Gasteiger partial charge in [0.2, 0.25) is 0 Å². The molecule has 0 unspecified atom stereocenters. The minimum absolute atomic E-state index is 0.0307. The van der Waals surface area contributed by atoms with Crippen LogP contribution in [0.25, 0.3) is 0 Å². The zero-order chi connectivity index (χ0) is 16.1. The first-order chi connectivity index (χ1) is 11.2. The molecule has 5 nitrogen and oxygen atoms in total. The van der Waals surface area contributed by atoms with Gasteiger partial charge in [-0.3, -0.25) is 0 Å². The van der Waals surface area contributed by atoms with E-state index in [0.717, 1.165) is 5.56 Å². The second-order valence-electron chi connectivity index (χ2n) is 4.61. The molecule has 1 heterocycles. The fourth-order valence-electron chi connectivity index (χ4n) is 1.92. The lowest BCUT2D eigenvalue weighted by molar-refractivity contribution is 0.299. The SMILES string of the molecule is Fc1cccc(Cl)c1COc1ccccc1/C=N/n1cnnc1. The van der Waals surface area contributed by atoms with E-state index in [-0.39, 0.29) is 6.61 Å². The maximum atomic E-state index is 13.8. The number of hydrogen-bond acceptors (Lipinski definition) is 4. The van der Waals surface area contributed by atoms with Crippen molar-refractivity contribution in [3.63, 3.8) is 0 Å². The molecule has 3 aromatic rings. The summed E-state index contributed by atoms with van der Waals surface area (Å²) in [5.74, 6) is 0.178. The predicted octanol–water partition coefficient (Wildman–Crippen LogP) is 3.53. The Morgan fingerprint density at radius 1 is 1.13 bits per heavy atom. The number of benzene rings is 2. The van der Waals surface area contributed by atoms with Gasteiger partial charge in [-0.1, -0.05) is 29.8 Å². The molecule has 0 saturated heterocycles. The van der Waals surface area contributed by atoms with Gasteiger partial charge in [-0.15, -0.1) is 10.2 Å². The summed E-state index contributed by atoms with van der Waals surface area (Å²) in [6.45, 7) is 0.0307. The largest absolute Gasteiger partial charge is 0.488 e. The molecule has 0 aliphatic rings. The van der Waals surface area contributed by atoms with Crippen molar-refractivity contribution >= 4 is 17.8 Å². The molecular weight excluding hydrogens is 319 g/mol. The molecule has 0 spiro atoms. The van der Waals surface area contributed by atoms with Gasteiger partial charge in [0.1, 0.15) is 30.8 Å². The van der Waals surface area contributed by atoms with Crippen molar-refractivity contribution in [1.82, 2.24) is 14.9 Å². The minimum atomic E-state index is -0.395. The van der Waals surface area contributed by atoms with Crippen molar-refractivity contribution < 1.29 is 9.13 Å². The number of rotatable bonds is 5. The van der Waals surface area contributed by atoms with Gasteiger partial charge in [-0.2, -0.15) is 5.10 Å². The highest BCUT2D eigenvalue weighted by atomic mass is 35.5. The maximum absolute atomic E-state index is 13.8. The Kier molecular flexibility index (Phi) is 4.63. The zero-order valence-corrected chi connectivity index (χ0v) is 12.7. The third kappa shape index (κ3) is 3.73. The Hall–Kier alpha value is -2.73. The van der Waals surface area contributed by atoms with Crippen LogP contribution in [0.4, 0.5) is 4.39 Å². The van der Waals surface area contributed by atoms with E-state index in [1.165, 1.54) is 23.4 Å². The Morgan fingerprint density at radius 3 is 2.70 bits per heavy atom. The molecule has 116 valence electrons. The van der Waals surface area contributed by atoms with Gasteiger partial charge >= 0.3 is 0 Å². The Bertz CT molecular complexity index is 800. The van der Waals surface area contributed by atoms with Crippen molar-refractivity contribution in [3.8, 4) is 5.75 Å². The standard InChI is InChI=1S/C16H12ClFN4O/c17-14-5-3-6-15(18)13(14)9-23-16-7-2-1-4-12(16)8-21-22-10-19-20-11-22/h1-8,10-11H,9H2/b21-8+. The number of nitrogens with zero attached hydrogens (tertiary/aromatic N) is 4. The van der Waals surface area contributed by atoms with E-state index in [2.05, 4.69) is 15.3 Å². The van der Waals surface area contributed by atoms with Crippen LogP contribution in [-0.2, 0) is 6.61 Å². The molecule has 3 rings (SSSR count). The second kappa shape index (κ2) is 7.02. The van der Waals surface area contributed by atoms with Gasteiger partial charge < -0.3 is 4.74 Å². The van der Waals surface area contributed by atoms with Gasteiger partial charge in [-0.25, -0.2) is 9.07 Å². The molecule has 0 N–H and O–H groups in total. The Balaban J connectivity index is 1.78. The number of halogens is 2. The molecular formula is C16H12ClFN4O. The van der Waals surface area contributed by atoms with E-state index in [1.54, 1.807) is 24.4 Å². The van der Waals surface area contributed by atoms with Gasteiger partial charge in [0.25, 0.3) is 0 Å². The molecule has 23 heavy (non-hydrogen) atoms. The Labute approximate surface area is 137 Å².